The van der Waals surface area contributed by atoms with Gasteiger partial charge in [-0.05, 0) is 25.3 Å². The van der Waals surface area contributed by atoms with E-state index in [1.54, 1.807) is 25.3 Å². The average molecular weight is 336 g/mol. The summed E-state index contributed by atoms with van der Waals surface area (Å²) < 4.78 is 17.1. The molecule has 2 saturated heterocycles. The van der Waals surface area contributed by atoms with Gasteiger partial charge in [-0.25, -0.2) is 0 Å². The highest BCUT2D eigenvalue weighted by molar-refractivity contribution is 5.76. The summed E-state index contributed by atoms with van der Waals surface area (Å²) in [6.07, 6.45) is 6.93. The molecule has 2 aliphatic heterocycles. The van der Waals surface area contributed by atoms with Crippen molar-refractivity contribution in [2.75, 3.05) is 47.0 Å². The van der Waals surface area contributed by atoms with Gasteiger partial charge in [-0.1, -0.05) is 0 Å². The molecule has 0 bridgehead atoms. The zero-order valence-electron chi connectivity index (χ0n) is 14.7. The molecular formula is C18H28N2O4. The third-order valence-electron chi connectivity index (χ3n) is 5.17. The molecule has 1 amide bonds. The van der Waals surface area contributed by atoms with E-state index in [4.69, 9.17) is 13.9 Å². The summed E-state index contributed by atoms with van der Waals surface area (Å²) in [5.74, 6) is 0.00532. The van der Waals surface area contributed by atoms with Crippen LogP contribution in [-0.2, 0) is 20.8 Å². The van der Waals surface area contributed by atoms with Crippen LogP contribution in [0.5, 0.6) is 0 Å². The maximum atomic E-state index is 11.8. The number of ether oxygens (including phenoxy) is 2. The van der Waals surface area contributed by atoms with Gasteiger partial charge >= 0.3 is 0 Å². The minimum Gasteiger partial charge on any atom is -0.472 e. The molecular weight excluding hydrogens is 308 g/mol. The number of fused-ring (bicyclic) bond motifs is 1. The van der Waals surface area contributed by atoms with Gasteiger partial charge in [-0.2, -0.15) is 0 Å². The number of carbonyl (C=O) groups is 1. The molecule has 0 N–H and O–H groups in total. The van der Waals surface area contributed by atoms with Crippen LogP contribution in [-0.4, -0.2) is 68.8 Å². The Balaban J connectivity index is 1.62. The van der Waals surface area contributed by atoms with Crippen LogP contribution in [0, 0.1) is 5.41 Å². The van der Waals surface area contributed by atoms with Crippen LogP contribution in [0.15, 0.2) is 23.0 Å². The van der Waals surface area contributed by atoms with Gasteiger partial charge in [-0.15, -0.1) is 0 Å². The number of amides is 1. The van der Waals surface area contributed by atoms with E-state index in [2.05, 4.69) is 4.90 Å². The Morgan fingerprint density at radius 2 is 2.38 bits per heavy atom. The molecule has 2 atom stereocenters. The monoisotopic (exact) mass is 336 g/mol. The highest BCUT2D eigenvalue weighted by Gasteiger charge is 2.46. The Morgan fingerprint density at radius 3 is 3.12 bits per heavy atom. The van der Waals surface area contributed by atoms with Gasteiger partial charge in [-0.3, -0.25) is 9.69 Å². The zero-order valence-corrected chi connectivity index (χ0v) is 14.7. The van der Waals surface area contributed by atoms with Crippen molar-refractivity contribution < 1.29 is 18.7 Å². The van der Waals surface area contributed by atoms with E-state index in [0.717, 1.165) is 45.5 Å². The molecule has 3 heterocycles. The Hall–Kier alpha value is -1.37. The predicted octanol–water partition coefficient (Wildman–Crippen LogP) is 1.76. The van der Waals surface area contributed by atoms with Gasteiger partial charge in [0.2, 0.25) is 5.91 Å². The number of likely N-dealkylation sites (N-methyl/N-ethyl adjacent to an activating group) is 1. The van der Waals surface area contributed by atoms with Crippen LogP contribution < -0.4 is 0 Å². The third kappa shape index (κ3) is 3.99. The quantitative estimate of drug-likeness (QED) is 0.792. The second kappa shape index (κ2) is 7.68. The molecule has 1 aromatic heterocycles. The smallest absolute Gasteiger partial charge is 0.248 e. The van der Waals surface area contributed by atoms with Gasteiger partial charge in [0.05, 0.1) is 25.2 Å². The molecule has 2 fully saturated rings. The minimum atomic E-state index is -0.00711. The number of carbonyl (C=O) groups excluding carboxylic acids is 1. The summed E-state index contributed by atoms with van der Waals surface area (Å²) in [5, 5.41) is 0. The number of hydrogen-bond acceptors (Lipinski definition) is 5. The van der Waals surface area contributed by atoms with Crippen molar-refractivity contribution in [1.29, 1.82) is 0 Å². The van der Waals surface area contributed by atoms with Crippen molar-refractivity contribution in [3.05, 3.63) is 24.2 Å². The van der Waals surface area contributed by atoms with Crippen LogP contribution in [0.1, 0.15) is 24.8 Å². The second-order valence-corrected chi connectivity index (χ2v) is 7.24. The molecule has 1 aromatic rings. The zero-order chi connectivity index (χ0) is 17.0. The Kier molecular flexibility index (Phi) is 5.58. The number of hydrogen-bond donors (Lipinski definition) is 0. The molecule has 134 valence electrons. The van der Waals surface area contributed by atoms with Crippen LogP contribution >= 0.6 is 0 Å². The van der Waals surface area contributed by atoms with Crippen molar-refractivity contribution >= 4 is 5.91 Å². The lowest BCUT2D eigenvalue weighted by Gasteiger charge is -2.50. The molecule has 0 saturated carbocycles. The predicted molar refractivity (Wildman–Crippen MR) is 89.5 cm³/mol. The maximum Gasteiger partial charge on any atom is 0.248 e. The number of piperidine rings is 1. The Labute approximate surface area is 143 Å². The SMILES string of the molecule is CN(C)C(=O)COC[C@]12CCCO[C@H]1CCN(Cc1ccoc1)C2. The van der Waals surface area contributed by atoms with Crippen molar-refractivity contribution in [2.24, 2.45) is 5.41 Å². The number of likely N-dealkylation sites (tertiary alicyclic amines) is 1. The van der Waals surface area contributed by atoms with Crippen LogP contribution in [0.25, 0.3) is 0 Å². The molecule has 2 aliphatic rings. The third-order valence-corrected chi connectivity index (χ3v) is 5.17. The summed E-state index contributed by atoms with van der Waals surface area (Å²) >= 11 is 0. The second-order valence-electron chi connectivity index (χ2n) is 7.24. The molecule has 0 unspecified atom stereocenters. The summed E-state index contributed by atoms with van der Waals surface area (Å²) in [5.41, 5.74) is 1.19. The van der Waals surface area contributed by atoms with E-state index in [9.17, 15) is 4.79 Å². The fourth-order valence-electron chi connectivity index (χ4n) is 3.84. The van der Waals surface area contributed by atoms with E-state index < -0.39 is 0 Å². The minimum absolute atomic E-state index is 0.00532. The van der Waals surface area contributed by atoms with E-state index in [1.807, 2.05) is 12.3 Å². The number of rotatable bonds is 6. The molecule has 0 radical (unpaired) electrons. The summed E-state index contributed by atoms with van der Waals surface area (Å²) in [6, 6.07) is 2.02. The Bertz CT molecular complexity index is 531. The van der Waals surface area contributed by atoms with E-state index in [0.29, 0.717) is 6.61 Å². The molecule has 3 rings (SSSR count). The number of nitrogens with zero attached hydrogens (tertiary/aromatic N) is 2. The summed E-state index contributed by atoms with van der Waals surface area (Å²) in [7, 11) is 3.51. The first-order valence-corrected chi connectivity index (χ1v) is 8.72. The largest absolute Gasteiger partial charge is 0.472 e. The van der Waals surface area contributed by atoms with E-state index >= 15 is 0 Å². The Morgan fingerprint density at radius 1 is 1.50 bits per heavy atom. The molecule has 0 aliphatic carbocycles. The van der Waals surface area contributed by atoms with Crippen molar-refractivity contribution in [1.82, 2.24) is 9.80 Å². The van der Waals surface area contributed by atoms with Crippen LogP contribution in [0.4, 0.5) is 0 Å². The van der Waals surface area contributed by atoms with Gasteiger partial charge < -0.3 is 18.8 Å². The van der Waals surface area contributed by atoms with E-state index in [-0.39, 0.29) is 24.0 Å². The first-order valence-electron chi connectivity index (χ1n) is 8.72. The number of furan rings is 1. The lowest BCUT2D eigenvalue weighted by Crippen LogP contribution is -2.56. The van der Waals surface area contributed by atoms with Gasteiger partial charge in [0, 0.05) is 51.3 Å². The first-order chi connectivity index (χ1) is 11.6. The average Bonchev–Trinajstić information content (AvgIpc) is 3.07. The maximum absolute atomic E-state index is 11.8. The summed E-state index contributed by atoms with van der Waals surface area (Å²) in [6.45, 7) is 4.42. The fourth-order valence-corrected chi connectivity index (χ4v) is 3.84. The van der Waals surface area contributed by atoms with Crippen LogP contribution in [0.3, 0.4) is 0 Å². The molecule has 0 aromatic carbocycles. The fraction of sp³-hybridized carbons (Fsp3) is 0.722. The standard InChI is InChI=1S/C18H28N2O4/c1-19(2)17(21)12-23-14-18-6-3-8-24-16(18)4-7-20(13-18)10-15-5-9-22-11-15/h5,9,11,16H,3-4,6-8,10,12-14H2,1-2H3/t16-,18+/m0/s1. The lowest BCUT2D eigenvalue weighted by atomic mass is 9.73. The van der Waals surface area contributed by atoms with Gasteiger partial charge in [0.1, 0.15) is 6.61 Å². The van der Waals surface area contributed by atoms with E-state index in [1.165, 1.54) is 5.56 Å². The van der Waals surface area contributed by atoms with Gasteiger partial charge in [0.15, 0.2) is 0 Å². The topological polar surface area (TPSA) is 55.2 Å². The van der Waals surface area contributed by atoms with Crippen LogP contribution in [0.2, 0.25) is 0 Å². The van der Waals surface area contributed by atoms with Crippen molar-refractivity contribution in [2.45, 2.75) is 31.9 Å². The normalized spacial score (nSPS) is 27.7. The van der Waals surface area contributed by atoms with Crippen molar-refractivity contribution in [3.63, 3.8) is 0 Å². The highest BCUT2D eigenvalue weighted by atomic mass is 16.5. The first kappa shape index (κ1) is 17.5. The van der Waals surface area contributed by atoms with Gasteiger partial charge in [0.25, 0.3) is 0 Å². The summed E-state index contributed by atoms with van der Waals surface area (Å²) in [4.78, 5) is 15.8. The molecule has 6 nitrogen and oxygen atoms in total. The molecule has 0 spiro atoms. The van der Waals surface area contributed by atoms with Crippen molar-refractivity contribution in [3.8, 4) is 0 Å². The molecule has 6 heteroatoms. The highest BCUT2D eigenvalue weighted by Crippen LogP contribution is 2.40. The lowest BCUT2D eigenvalue weighted by molar-refractivity contribution is -0.160. The molecule has 24 heavy (non-hydrogen) atoms.